The lowest BCUT2D eigenvalue weighted by Gasteiger charge is -2.22. The van der Waals surface area contributed by atoms with Gasteiger partial charge in [-0.3, -0.25) is 10.2 Å². The number of carbonyl (C=O) groups is 1. The Morgan fingerprint density at radius 1 is 1.31 bits per heavy atom. The molecular formula is C20H24FN5O3. The van der Waals surface area contributed by atoms with Gasteiger partial charge in [0.15, 0.2) is 0 Å². The maximum Gasteiger partial charge on any atom is 0.313 e. The van der Waals surface area contributed by atoms with Crippen molar-refractivity contribution in [2.75, 3.05) is 25.1 Å². The van der Waals surface area contributed by atoms with E-state index in [1.807, 2.05) is 0 Å². The number of anilines is 1. The van der Waals surface area contributed by atoms with Crippen LogP contribution in [0.1, 0.15) is 24.8 Å². The van der Waals surface area contributed by atoms with Crippen LogP contribution in [0.25, 0.3) is 11.1 Å². The summed E-state index contributed by atoms with van der Waals surface area (Å²) in [5.74, 6) is -0.450. The molecule has 0 bridgehead atoms. The van der Waals surface area contributed by atoms with Gasteiger partial charge in [-0.25, -0.2) is 14.4 Å². The molecule has 0 spiro atoms. The number of hydrogen-bond donors (Lipinski definition) is 3. The molecule has 0 amide bonds. The molecule has 1 fully saturated rings. The third-order valence-electron chi connectivity index (χ3n) is 4.65. The molecule has 8 nitrogen and oxygen atoms in total. The third kappa shape index (κ3) is 5.95. The van der Waals surface area contributed by atoms with Crippen LogP contribution in [0.2, 0.25) is 0 Å². The van der Waals surface area contributed by atoms with Crippen LogP contribution in [0.5, 0.6) is 0 Å². The minimum absolute atomic E-state index is 0.223. The average molecular weight is 401 g/mol. The molecule has 0 atom stereocenters. The Kier molecular flexibility index (Phi) is 7.07. The summed E-state index contributed by atoms with van der Waals surface area (Å²) in [6.07, 6.45) is 4.82. The van der Waals surface area contributed by atoms with Crippen LogP contribution in [0.4, 0.5) is 10.3 Å². The van der Waals surface area contributed by atoms with E-state index in [0.717, 1.165) is 32.6 Å². The van der Waals surface area contributed by atoms with Gasteiger partial charge >= 0.3 is 5.97 Å². The Bertz CT molecular complexity index is 854. The zero-order valence-electron chi connectivity index (χ0n) is 16.0. The highest BCUT2D eigenvalue weighted by atomic mass is 19.1. The largest absolute Gasteiger partial charge is 0.460 e. The first kappa shape index (κ1) is 20.7. The molecule has 1 aliphatic heterocycles. The lowest BCUT2D eigenvalue weighted by atomic mass is 10.0. The Hall–Kier alpha value is -3.07. The molecular weight excluding hydrogens is 377 g/mol. The predicted molar refractivity (Wildman–Crippen MR) is 106 cm³/mol. The normalized spacial score (nSPS) is 14.4. The quantitative estimate of drug-likeness (QED) is 0.353. The summed E-state index contributed by atoms with van der Waals surface area (Å²) in [7, 11) is 0. The monoisotopic (exact) mass is 401 g/mol. The van der Waals surface area contributed by atoms with Crippen molar-refractivity contribution in [2.45, 2.75) is 25.9 Å². The minimum Gasteiger partial charge on any atom is -0.460 e. The molecule has 3 rings (SSSR count). The van der Waals surface area contributed by atoms with Gasteiger partial charge in [-0.05, 0) is 18.8 Å². The van der Waals surface area contributed by atoms with Crippen molar-refractivity contribution >= 4 is 17.8 Å². The van der Waals surface area contributed by atoms with Crippen molar-refractivity contribution < 1.29 is 18.7 Å². The molecule has 0 saturated carbocycles. The fraction of sp³-hybridized carbons (Fsp3) is 0.400. The second-order valence-electron chi connectivity index (χ2n) is 6.87. The highest BCUT2D eigenvalue weighted by Crippen LogP contribution is 2.25. The number of benzene rings is 1. The van der Waals surface area contributed by atoms with Crippen LogP contribution in [0.15, 0.2) is 30.6 Å². The minimum atomic E-state index is -0.675. The Balaban J connectivity index is 1.62. The van der Waals surface area contributed by atoms with Gasteiger partial charge in [0.05, 0.1) is 0 Å². The van der Waals surface area contributed by atoms with Gasteiger partial charge in [0.25, 0.3) is 0 Å². The van der Waals surface area contributed by atoms with E-state index in [0.29, 0.717) is 23.0 Å². The van der Waals surface area contributed by atoms with Gasteiger partial charge in [0.1, 0.15) is 24.7 Å². The smallest absolute Gasteiger partial charge is 0.313 e. The van der Waals surface area contributed by atoms with Gasteiger partial charge in [-0.2, -0.15) is 0 Å². The molecule has 1 aromatic heterocycles. The molecule has 1 aliphatic rings. The van der Waals surface area contributed by atoms with E-state index >= 15 is 0 Å². The van der Waals surface area contributed by atoms with Crippen LogP contribution in [0.3, 0.4) is 0 Å². The fourth-order valence-corrected chi connectivity index (χ4v) is 3.02. The van der Waals surface area contributed by atoms with Crippen LogP contribution in [-0.4, -0.2) is 41.5 Å². The number of nitrogens with two attached hydrogens (primary N) is 1. The van der Waals surface area contributed by atoms with E-state index in [1.54, 1.807) is 24.5 Å². The molecule has 9 heteroatoms. The first-order valence-electron chi connectivity index (χ1n) is 9.43. The van der Waals surface area contributed by atoms with Gasteiger partial charge < -0.3 is 20.5 Å². The zero-order chi connectivity index (χ0) is 20.6. The van der Waals surface area contributed by atoms with E-state index in [-0.39, 0.29) is 24.4 Å². The lowest BCUT2D eigenvalue weighted by molar-refractivity contribution is -0.143. The summed E-state index contributed by atoms with van der Waals surface area (Å²) < 4.78 is 25.1. The van der Waals surface area contributed by atoms with Gasteiger partial charge in [-0.15, -0.1) is 0 Å². The molecule has 0 aliphatic carbocycles. The van der Waals surface area contributed by atoms with Crippen molar-refractivity contribution in [2.24, 2.45) is 11.7 Å². The average Bonchev–Trinajstić information content (AvgIpc) is 2.72. The number of amidine groups is 1. The van der Waals surface area contributed by atoms with Crippen molar-refractivity contribution in [3.8, 4) is 11.1 Å². The SMILES string of the molecule is N=C(N)CC(=O)OCc1cccc(-c2cnc(NCC3CCOCC3)nc2)c1F. The number of nitrogens with one attached hydrogen (secondary N) is 2. The molecule has 29 heavy (non-hydrogen) atoms. The molecule has 2 heterocycles. The van der Waals surface area contributed by atoms with E-state index in [2.05, 4.69) is 15.3 Å². The Morgan fingerprint density at radius 2 is 2.03 bits per heavy atom. The van der Waals surface area contributed by atoms with Gasteiger partial charge in [-0.1, -0.05) is 18.2 Å². The van der Waals surface area contributed by atoms with Crippen molar-refractivity contribution in [1.82, 2.24) is 9.97 Å². The predicted octanol–water partition coefficient (Wildman–Crippen LogP) is 2.49. The van der Waals surface area contributed by atoms with E-state index in [4.69, 9.17) is 20.6 Å². The van der Waals surface area contributed by atoms with Crippen molar-refractivity contribution in [3.63, 3.8) is 0 Å². The van der Waals surface area contributed by atoms with E-state index in [1.165, 1.54) is 6.07 Å². The topological polar surface area (TPSA) is 123 Å². The number of rotatable bonds is 8. The molecule has 1 aromatic carbocycles. The summed E-state index contributed by atoms with van der Waals surface area (Å²) in [6, 6.07) is 4.82. The highest BCUT2D eigenvalue weighted by molar-refractivity contribution is 5.94. The summed E-state index contributed by atoms with van der Waals surface area (Å²) >= 11 is 0. The zero-order valence-corrected chi connectivity index (χ0v) is 16.0. The fourth-order valence-electron chi connectivity index (χ4n) is 3.02. The number of halogens is 1. The summed E-state index contributed by atoms with van der Waals surface area (Å²) in [6.45, 7) is 2.10. The Morgan fingerprint density at radius 3 is 2.72 bits per heavy atom. The van der Waals surface area contributed by atoms with Gasteiger partial charge in [0, 0.05) is 48.8 Å². The molecule has 2 aromatic rings. The van der Waals surface area contributed by atoms with Crippen molar-refractivity contribution in [3.05, 3.63) is 42.0 Å². The number of aromatic nitrogens is 2. The van der Waals surface area contributed by atoms with Crippen molar-refractivity contribution in [1.29, 1.82) is 5.41 Å². The Labute approximate surface area is 168 Å². The molecule has 154 valence electrons. The van der Waals surface area contributed by atoms with E-state index < -0.39 is 11.8 Å². The number of carbonyl (C=O) groups excluding carboxylic acids is 1. The second-order valence-corrected chi connectivity index (χ2v) is 6.87. The van der Waals surface area contributed by atoms with Crippen LogP contribution >= 0.6 is 0 Å². The molecule has 4 N–H and O–H groups in total. The number of esters is 1. The van der Waals surface area contributed by atoms with E-state index in [9.17, 15) is 9.18 Å². The number of hydrogen-bond acceptors (Lipinski definition) is 7. The first-order valence-corrected chi connectivity index (χ1v) is 9.43. The maximum absolute atomic E-state index is 14.8. The third-order valence-corrected chi connectivity index (χ3v) is 4.65. The van der Waals surface area contributed by atoms with Crippen LogP contribution in [-0.2, 0) is 20.9 Å². The van der Waals surface area contributed by atoms with Gasteiger partial charge in [0.2, 0.25) is 5.95 Å². The number of nitrogens with zero attached hydrogens (tertiary/aromatic N) is 2. The lowest BCUT2D eigenvalue weighted by Crippen LogP contribution is -2.23. The molecule has 0 radical (unpaired) electrons. The molecule has 0 unspecified atom stereocenters. The standard InChI is InChI=1S/C20H24FN5O3/c21-19-14(12-29-18(27)8-17(22)23)2-1-3-16(19)15-10-25-20(26-11-15)24-9-13-4-6-28-7-5-13/h1-3,10-11,13H,4-9,12H2,(H3,22,23)(H,24,25,26). The maximum atomic E-state index is 14.8. The summed E-state index contributed by atoms with van der Waals surface area (Å²) in [5, 5.41) is 10.3. The summed E-state index contributed by atoms with van der Waals surface area (Å²) in [4.78, 5) is 20.1. The second kappa shape index (κ2) is 9.92. The number of ether oxygens (including phenoxy) is 2. The molecule has 1 saturated heterocycles. The van der Waals surface area contributed by atoms with Crippen LogP contribution in [0, 0.1) is 17.1 Å². The van der Waals surface area contributed by atoms with Crippen LogP contribution < -0.4 is 11.1 Å². The summed E-state index contributed by atoms with van der Waals surface area (Å²) in [5.41, 5.74) is 6.22. The highest BCUT2D eigenvalue weighted by Gasteiger charge is 2.15. The first-order chi connectivity index (χ1) is 14.0.